The Balaban J connectivity index is 1.96. The Bertz CT molecular complexity index is 401. The monoisotopic (exact) mass is 399 g/mol. The number of hydrogen-bond donors (Lipinski definition) is 2. The van der Waals surface area contributed by atoms with Crippen molar-refractivity contribution in [3.63, 3.8) is 0 Å². The fourth-order valence-electron chi connectivity index (χ4n) is 3.57. The van der Waals surface area contributed by atoms with E-state index in [0.29, 0.717) is 6.42 Å². The zero-order valence-electron chi connectivity index (χ0n) is 18.7. The highest BCUT2D eigenvalue weighted by Crippen LogP contribution is 2.23. The van der Waals surface area contributed by atoms with Crippen LogP contribution in [0.5, 0.6) is 0 Å². The summed E-state index contributed by atoms with van der Waals surface area (Å²) in [5, 5.41) is 12.6. The van der Waals surface area contributed by atoms with Gasteiger partial charge in [-0.05, 0) is 20.3 Å². The lowest BCUT2D eigenvalue weighted by Gasteiger charge is -2.42. The van der Waals surface area contributed by atoms with Crippen molar-refractivity contribution in [3.8, 4) is 0 Å². The smallest absolute Gasteiger partial charge is 0.220 e. The molecule has 0 aromatic rings. The standard InChI is InChI=1S/C23H45NO4/c1-4-5-6-7-8-9-10-11-12-13-14-15-16-17-21(26)24-23(18-25)19-27-22(2,3)28-20-23/h25H,4-20H2,1-3H3,(H,24,26). The van der Waals surface area contributed by atoms with Crippen molar-refractivity contribution in [2.45, 2.75) is 122 Å². The maximum Gasteiger partial charge on any atom is 0.220 e. The molecule has 1 aliphatic rings. The molecule has 0 unspecified atom stereocenters. The molecule has 0 spiro atoms. The van der Waals surface area contributed by atoms with Gasteiger partial charge in [-0.2, -0.15) is 0 Å². The largest absolute Gasteiger partial charge is 0.394 e. The Labute approximate surface area is 172 Å². The van der Waals surface area contributed by atoms with Crippen LogP contribution in [-0.2, 0) is 14.3 Å². The van der Waals surface area contributed by atoms with Crippen molar-refractivity contribution < 1.29 is 19.4 Å². The lowest BCUT2D eigenvalue weighted by atomic mass is 10.0. The minimum Gasteiger partial charge on any atom is -0.394 e. The van der Waals surface area contributed by atoms with Gasteiger partial charge in [0.15, 0.2) is 5.79 Å². The lowest BCUT2D eigenvalue weighted by molar-refractivity contribution is -0.274. The first-order valence-electron chi connectivity index (χ1n) is 11.6. The summed E-state index contributed by atoms with van der Waals surface area (Å²) in [5.41, 5.74) is -0.802. The van der Waals surface area contributed by atoms with Crippen LogP contribution in [0, 0.1) is 0 Å². The molecule has 28 heavy (non-hydrogen) atoms. The predicted octanol–water partition coefficient (Wildman–Crippen LogP) is 5.10. The van der Waals surface area contributed by atoms with Gasteiger partial charge in [0.05, 0.1) is 19.8 Å². The van der Waals surface area contributed by atoms with Gasteiger partial charge in [0.2, 0.25) is 5.91 Å². The molecule has 1 fully saturated rings. The van der Waals surface area contributed by atoms with Crippen molar-refractivity contribution in [1.29, 1.82) is 0 Å². The molecule has 0 aromatic carbocycles. The number of carbonyl (C=O) groups is 1. The normalized spacial score (nSPS) is 18.1. The number of aliphatic hydroxyl groups excluding tert-OH is 1. The Kier molecular flexibility index (Phi) is 13.0. The average molecular weight is 400 g/mol. The molecule has 0 atom stereocenters. The molecule has 2 N–H and O–H groups in total. The molecule has 1 heterocycles. The molecule has 1 aliphatic heterocycles. The summed E-state index contributed by atoms with van der Waals surface area (Å²) < 4.78 is 11.2. The lowest BCUT2D eigenvalue weighted by Crippen LogP contribution is -2.63. The van der Waals surface area contributed by atoms with E-state index in [1.165, 1.54) is 70.6 Å². The van der Waals surface area contributed by atoms with E-state index in [1.54, 1.807) is 0 Å². The van der Waals surface area contributed by atoms with Gasteiger partial charge >= 0.3 is 0 Å². The third-order valence-corrected chi connectivity index (χ3v) is 5.61. The summed E-state index contributed by atoms with van der Waals surface area (Å²) in [6, 6.07) is 0. The highest BCUT2D eigenvalue weighted by atomic mass is 16.7. The third-order valence-electron chi connectivity index (χ3n) is 5.61. The topological polar surface area (TPSA) is 67.8 Å². The maximum atomic E-state index is 12.2. The fourth-order valence-corrected chi connectivity index (χ4v) is 3.57. The predicted molar refractivity (Wildman–Crippen MR) is 114 cm³/mol. The van der Waals surface area contributed by atoms with E-state index in [-0.39, 0.29) is 25.7 Å². The van der Waals surface area contributed by atoms with E-state index in [1.807, 2.05) is 13.8 Å². The number of amides is 1. The summed E-state index contributed by atoms with van der Waals surface area (Å²) >= 11 is 0. The van der Waals surface area contributed by atoms with Crippen LogP contribution in [0.4, 0.5) is 0 Å². The van der Waals surface area contributed by atoms with E-state index < -0.39 is 11.3 Å². The van der Waals surface area contributed by atoms with Gasteiger partial charge in [-0.25, -0.2) is 0 Å². The number of aliphatic hydroxyl groups is 1. The highest BCUT2D eigenvalue weighted by molar-refractivity contribution is 5.76. The first kappa shape index (κ1) is 25.4. The molecular weight excluding hydrogens is 354 g/mol. The zero-order valence-corrected chi connectivity index (χ0v) is 18.7. The van der Waals surface area contributed by atoms with Crippen LogP contribution in [0.2, 0.25) is 0 Å². The quantitative estimate of drug-likeness (QED) is 0.354. The minimum atomic E-state index is -0.802. The molecule has 1 rings (SSSR count). The molecule has 0 bridgehead atoms. The number of ether oxygens (including phenoxy) is 2. The van der Waals surface area contributed by atoms with Crippen molar-refractivity contribution in [3.05, 3.63) is 0 Å². The second-order valence-corrected chi connectivity index (χ2v) is 8.96. The molecular formula is C23H45NO4. The summed E-state index contributed by atoms with van der Waals surface area (Å²) in [6.45, 7) is 6.32. The Hall–Kier alpha value is -0.650. The average Bonchev–Trinajstić information content (AvgIpc) is 2.67. The molecule has 5 heteroatoms. The Morgan fingerprint density at radius 3 is 1.68 bits per heavy atom. The number of hydrogen-bond acceptors (Lipinski definition) is 4. The molecule has 0 saturated carbocycles. The van der Waals surface area contributed by atoms with Crippen LogP contribution in [0.25, 0.3) is 0 Å². The molecule has 0 aromatic heterocycles. The van der Waals surface area contributed by atoms with Gasteiger partial charge in [-0.3, -0.25) is 4.79 Å². The third kappa shape index (κ3) is 11.4. The second-order valence-electron chi connectivity index (χ2n) is 8.96. The van der Waals surface area contributed by atoms with E-state index >= 15 is 0 Å². The van der Waals surface area contributed by atoms with Crippen LogP contribution in [0.1, 0.15) is 111 Å². The highest BCUT2D eigenvalue weighted by Gasteiger charge is 2.40. The number of carbonyl (C=O) groups excluding carboxylic acids is 1. The summed E-state index contributed by atoms with van der Waals surface area (Å²) in [7, 11) is 0. The summed E-state index contributed by atoms with van der Waals surface area (Å²) in [6.07, 6.45) is 17.3. The summed E-state index contributed by atoms with van der Waals surface area (Å²) in [5.74, 6) is -0.678. The van der Waals surface area contributed by atoms with Crippen LogP contribution in [0.15, 0.2) is 0 Å². The van der Waals surface area contributed by atoms with E-state index in [0.717, 1.165) is 12.8 Å². The zero-order chi connectivity index (χ0) is 20.7. The first-order chi connectivity index (χ1) is 13.4. The van der Waals surface area contributed by atoms with Crippen molar-refractivity contribution in [1.82, 2.24) is 5.32 Å². The minimum absolute atomic E-state index is 0.0240. The molecule has 0 radical (unpaired) electrons. The second kappa shape index (κ2) is 14.4. The maximum absolute atomic E-state index is 12.2. The van der Waals surface area contributed by atoms with Gasteiger partial charge in [0.25, 0.3) is 0 Å². The fraction of sp³-hybridized carbons (Fsp3) is 0.957. The molecule has 0 aliphatic carbocycles. The van der Waals surface area contributed by atoms with Gasteiger partial charge in [0, 0.05) is 6.42 Å². The molecule has 1 saturated heterocycles. The van der Waals surface area contributed by atoms with Crippen LogP contribution in [-0.4, -0.2) is 42.2 Å². The van der Waals surface area contributed by atoms with Crippen molar-refractivity contribution in [2.75, 3.05) is 19.8 Å². The van der Waals surface area contributed by atoms with Crippen LogP contribution >= 0.6 is 0 Å². The van der Waals surface area contributed by atoms with Crippen molar-refractivity contribution in [2.24, 2.45) is 0 Å². The van der Waals surface area contributed by atoms with Gasteiger partial charge in [0.1, 0.15) is 5.54 Å². The molecule has 5 nitrogen and oxygen atoms in total. The van der Waals surface area contributed by atoms with E-state index in [2.05, 4.69) is 12.2 Å². The first-order valence-corrected chi connectivity index (χ1v) is 11.6. The van der Waals surface area contributed by atoms with Gasteiger partial charge < -0.3 is 19.9 Å². The SMILES string of the molecule is CCCCCCCCCCCCCCCC(=O)NC1(CO)COC(C)(C)OC1. The van der Waals surface area contributed by atoms with E-state index in [4.69, 9.17) is 9.47 Å². The number of nitrogens with one attached hydrogen (secondary N) is 1. The Morgan fingerprint density at radius 2 is 1.25 bits per heavy atom. The molecule has 166 valence electrons. The summed E-state index contributed by atoms with van der Waals surface area (Å²) in [4.78, 5) is 12.2. The molecule has 1 amide bonds. The van der Waals surface area contributed by atoms with Gasteiger partial charge in [-0.1, -0.05) is 84.0 Å². The van der Waals surface area contributed by atoms with Crippen LogP contribution < -0.4 is 5.32 Å². The van der Waals surface area contributed by atoms with Crippen LogP contribution in [0.3, 0.4) is 0 Å². The van der Waals surface area contributed by atoms with E-state index in [9.17, 15) is 9.90 Å². The Morgan fingerprint density at radius 1 is 0.821 bits per heavy atom. The van der Waals surface area contributed by atoms with Gasteiger partial charge in [-0.15, -0.1) is 0 Å². The number of rotatable bonds is 16. The number of unbranched alkanes of at least 4 members (excludes halogenated alkanes) is 12. The van der Waals surface area contributed by atoms with Crippen molar-refractivity contribution >= 4 is 5.91 Å².